The lowest BCUT2D eigenvalue weighted by Gasteiger charge is -2.27. The second-order valence-electron chi connectivity index (χ2n) is 6.19. The average molecular weight is 342 g/mol. The molecular formula is C16H26N2O6. The lowest BCUT2D eigenvalue weighted by atomic mass is 9.86. The molecule has 1 saturated carbocycles. The molecule has 3 N–H and O–H groups in total. The average Bonchev–Trinajstić information content (AvgIpc) is 3.04. The van der Waals surface area contributed by atoms with Gasteiger partial charge < -0.3 is 20.5 Å². The summed E-state index contributed by atoms with van der Waals surface area (Å²) in [6.07, 6.45) is 4.46. The summed E-state index contributed by atoms with van der Waals surface area (Å²) in [5.74, 6) is -4.76. The van der Waals surface area contributed by atoms with Gasteiger partial charge in [0.05, 0.1) is 14.2 Å². The van der Waals surface area contributed by atoms with Gasteiger partial charge in [0.1, 0.15) is 6.04 Å². The van der Waals surface area contributed by atoms with E-state index in [9.17, 15) is 19.2 Å². The van der Waals surface area contributed by atoms with Crippen molar-refractivity contribution in [2.75, 3.05) is 14.2 Å². The van der Waals surface area contributed by atoms with Crippen LogP contribution in [0.3, 0.4) is 0 Å². The Bertz CT molecular complexity index is 471. The number of methoxy groups -OCH3 is 2. The van der Waals surface area contributed by atoms with Crippen molar-refractivity contribution in [3.8, 4) is 0 Å². The molecule has 24 heavy (non-hydrogen) atoms. The molecule has 0 aromatic heterocycles. The third-order valence-electron chi connectivity index (χ3n) is 4.53. The highest BCUT2D eigenvalue weighted by Crippen LogP contribution is 2.27. The summed E-state index contributed by atoms with van der Waals surface area (Å²) in [7, 11) is 2.26. The molecule has 8 nitrogen and oxygen atoms in total. The molecule has 0 aliphatic heterocycles. The molecule has 2 amide bonds. The Hall–Kier alpha value is -2.12. The minimum absolute atomic E-state index is 0.297. The molecule has 0 saturated heterocycles. The van der Waals surface area contributed by atoms with Crippen molar-refractivity contribution >= 4 is 23.8 Å². The number of nitrogens with two attached hydrogens (primary N) is 1. The maximum absolute atomic E-state index is 12.2. The predicted octanol–water partition coefficient (Wildman–Crippen LogP) is 0.135. The lowest BCUT2D eigenvalue weighted by Crippen LogP contribution is -2.53. The first kappa shape index (κ1) is 19.9. The van der Waals surface area contributed by atoms with Gasteiger partial charge in [-0.3, -0.25) is 19.2 Å². The summed E-state index contributed by atoms with van der Waals surface area (Å²) in [5, 5.41) is 2.55. The highest BCUT2D eigenvalue weighted by atomic mass is 16.5. The van der Waals surface area contributed by atoms with Crippen LogP contribution >= 0.6 is 0 Å². The second-order valence-corrected chi connectivity index (χ2v) is 6.19. The largest absolute Gasteiger partial charge is 0.468 e. The standard InChI is InChI=1S/C16H26N2O6/c1-9(12(15(21)23-2)16(22)24-3)13(14(17)20)18-11(19)8-10-6-4-5-7-10/h9-10,12-13H,4-8H2,1-3H3,(H2,17,20)(H,18,19)/t9-,13+/m1/s1. The summed E-state index contributed by atoms with van der Waals surface area (Å²) in [6, 6.07) is -1.16. The zero-order chi connectivity index (χ0) is 18.3. The number of carbonyl (C=O) groups excluding carboxylic acids is 4. The third kappa shape index (κ3) is 5.21. The number of hydrogen-bond acceptors (Lipinski definition) is 6. The van der Waals surface area contributed by atoms with Crippen LogP contribution in [0.2, 0.25) is 0 Å². The number of nitrogens with one attached hydrogen (secondary N) is 1. The van der Waals surface area contributed by atoms with Crippen molar-refractivity contribution in [2.24, 2.45) is 23.5 Å². The van der Waals surface area contributed by atoms with Gasteiger partial charge in [-0.1, -0.05) is 19.8 Å². The van der Waals surface area contributed by atoms with Crippen LogP contribution in [-0.4, -0.2) is 44.0 Å². The van der Waals surface area contributed by atoms with Gasteiger partial charge >= 0.3 is 11.9 Å². The van der Waals surface area contributed by atoms with Crippen molar-refractivity contribution < 1.29 is 28.7 Å². The minimum atomic E-state index is -1.34. The van der Waals surface area contributed by atoms with E-state index in [0.29, 0.717) is 12.3 Å². The van der Waals surface area contributed by atoms with Crippen LogP contribution in [0.4, 0.5) is 0 Å². The van der Waals surface area contributed by atoms with Crippen LogP contribution < -0.4 is 11.1 Å². The summed E-state index contributed by atoms with van der Waals surface area (Å²) in [5.41, 5.74) is 5.36. The fraction of sp³-hybridized carbons (Fsp3) is 0.750. The summed E-state index contributed by atoms with van der Waals surface area (Å²) < 4.78 is 9.19. The Labute approximate surface area is 141 Å². The molecule has 1 rings (SSSR count). The van der Waals surface area contributed by atoms with E-state index in [4.69, 9.17) is 5.73 Å². The van der Waals surface area contributed by atoms with Crippen molar-refractivity contribution in [2.45, 2.75) is 45.1 Å². The highest BCUT2D eigenvalue weighted by molar-refractivity contribution is 5.97. The van der Waals surface area contributed by atoms with E-state index in [1.54, 1.807) is 0 Å². The van der Waals surface area contributed by atoms with Gasteiger partial charge in [-0.2, -0.15) is 0 Å². The third-order valence-corrected chi connectivity index (χ3v) is 4.53. The molecule has 0 heterocycles. The Balaban J connectivity index is 2.83. The van der Waals surface area contributed by atoms with E-state index < -0.39 is 35.7 Å². The molecule has 2 atom stereocenters. The van der Waals surface area contributed by atoms with Gasteiger partial charge in [0.25, 0.3) is 0 Å². The quantitative estimate of drug-likeness (QED) is 0.477. The maximum atomic E-state index is 12.2. The van der Waals surface area contributed by atoms with Crippen LogP contribution in [-0.2, 0) is 28.7 Å². The van der Waals surface area contributed by atoms with Gasteiger partial charge in [0.2, 0.25) is 11.8 Å². The smallest absolute Gasteiger partial charge is 0.320 e. The number of esters is 2. The van der Waals surface area contributed by atoms with E-state index in [2.05, 4.69) is 14.8 Å². The number of ether oxygens (including phenoxy) is 2. The van der Waals surface area contributed by atoms with Crippen LogP contribution in [0.5, 0.6) is 0 Å². The van der Waals surface area contributed by atoms with Crippen LogP contribution in [0.15, 0.2) is 0 Å². The van der Waals surface area contributed by atoms with Crippen molar-refractivity contribution in [3.63, 3.8) is 0 Å². The zero-order valence-corrected chi connectivity index (χ0v) is 14.4. The first-order chi connectivity index (χ1) is 11.3. The minimum Gasteiger partial charge on any atom is -0.468 e. The maximum Gasteiger partial charge on any atom is 0.320 e. The van der Waals surface area contributed by atoms with Gasteiger partial charge in [0.15, 0.2) is 5.92 Å². The molecule has 0 bridgehead atoms. The normalized spacial score (nSPS) is 17.2. The fourth-order valence-corrected chi connectivity index (χ4v) is 3.14. The molecule has 1 aliphatic carbocycles. The molecule has 8 heteroatoms. The number of rotatable bonds is 8. The first-order valence-corrected chi connectivity index (χ1v) is 8.06. The SMILES string of the molecule is COC(=O)C(C(=O)OC)[C@@H](C)[C@H](NC(=O)CC1CCCC1)C(N)=O. The Morgan fingerprint density at radius 1 is 1.08 bits per heavy atom. The lowest BCUT2D eigenvalue weighted by molar-refractivity contribution is -0.162. The van der Waals surface area contributed by atoms with E-state index >= 15 is 0 Å². The highest BCUT2D eigenvalue weighted by Gasteiger charge is 2.41. The monoisotopic (exact) mass is 342 g/mol. The van der Waals surface area contributed by atoms with Crippen molar-refractivity contribution in [3.05, 3.63) is 0 Å². The van der Waals surface area contributed by atoms with Gasteiger partial charge in [0, 0.05) is 12.3 Å². The Kier molecular flexibility index (Phi) is 7.67. The molecule has 1 aliphatic rings. The predicted molar refractivity (Wildman–Crippen MR) is 84.4 cm³/mol. The molecule has 0 radical (unpaired) electrons. The number of hydrogen-bond donors (Lipinski definition) is 2. The van der Waals surface area contributed by atoms with Crippen molar-refractivity contribution in [1.29, 1.82) is 0 Å². The number of carbonyl (C=O) groups is 4. The second kappa shape index (κ2) is 9.24. The molecule has 0 unspecified atom stereocenters. The van der Waals surface area contributed by atoms with E-state index in [1.165, 1.54) is 6.92 Å². The zero-order valence-electron chi connectivity index (χ0n) is 14.4. The number of primary amides is 1. The van der Waals surface area contributed by atoms with E-state index in [1.807, 2.05) is 0 Å². The summed E-state index contributed by atoms with van der Waals surface area (Å²) in [4.78, 5) is 47.6. The van der Waals surface area contributed by atoms with E-state index in [-0.39, 0.29) is 5.91 Å². The molecular weight excluding hydrogens is 316 g/mol. The Morgan fingerprint density at radius 2 is 1.58 bits per heavy atom. The van der Waals surface area contributed by atoms with Gasteiger partial charge in [-0.05, 0) is 18.8 Å². The molecule has 136 valence electrons. The van der Waals surface area contributed by atoms with Crippen LogP contribution in [0, 0.1) is 17.8 Å². The molecule has 0 spiro atoms. The van der Waals surface area contributed by atoms with E-state index in [0.717, 1.165) is 39.9 Å². The molecule has 0 aromatic carbocycles. The van der Waals surface area contributed by atoms with Crippen LogP contribution in [0.1, 0.15) is 39.0 Å². The van der Waals surface area contributed by atoms with Crippen molar-refractivity contribution in [1.82, 2.24) is 5.32 Å². The molecule has 0 aromatic rings. The number of amides is 2. The summed E-state index contributed by atoms with van der Waals surface area (Å²) in [6.45, 7) is 1.48. The van der Waals surface area contributed by atoms with Crippen LogP contribution in [0.25, 0.3) is 0 Å². The van der Waals surface area contributed by atoms with Gasteiger partial charge in [-0.25, -0.2) is 0 Å². The molecule has 1 fully saturated rings. The van der Waals surface area contributed by atoms with Gasteiger partial charge in [-0.15, -0.1) is 0 Å². The topological polar surface area (TPSA) is 125 Å². The first-order valence-electron chi connectivity index (χ1n) is 8.06. The fourth-order valence-electron chi connectivity index (χ4n) is 3.14. The Morgan fingerprint density at radius 3 is 2.00 bits per heavy atom. The summed E-state index contributed by atoms with van der Waals surface area (Å²) >= 11 is 0.